The molecule has 0 atom stereocenters. The van der Waals surface area contributed by atoms with Crippen molar-refractivity contribution in [2.45, 2.75) is 37.8 Å². The molecule has 0 aliphatic carbocycles. The summed E-state index contributed by atoms with van der Waals surface area (Å²) in [6.45, 7) is 2.83. The number of hydrogen-bond acceptors (Lipinski definition) is 11. The molecule has 69 heavy (non-hydrogen) atoms. The first-order chi connectivity index (χ1) is 33.7. The maximum absolute atomic E-state index is 11.9. The zero-order chi connectivity index (χ0) is 47.2. The Hall–Kier alpha value is -7.36. The van der Waals surface area contributed by atoms with Gasteiger partial charge in [-0.05, 0) is 123 Å². The van der Waals surface area contributed by atoms with E-state index in [9.17, 15) is 14.7 Å². The van der Waals surface area contributed by atoms with E-state index in [2.05, 4.69) is 25.2 Å². The average Bonchev–Trinajstić information content (AvgIpc) is 4.19. The highest BCUT2D eigenvalue weighted by atomic mass is 35.5. The van der Waals surface area contributed by atoms with Gasteiger partial charge in [0.25, 0.3) is 0 Å². The highest BCUT2D eigenvalue weighted by molar-refractivity contribution is 6.31. The predicted octanol–water partition coefficient (Wildman–Crippen LogP) is 12.5. The molecule has 1 N–H and O–H groups in total. The van der Waals surface area contributed by atoms with Crippen LogP contribution in [0.15, 0.2) is 130 Å². The Labute approximate surface area is 404 Å². The van der Waals surface area contributed by atoms with Crippen LogP contribution in [0, 0.1) is 0 Å². The SMILES string of the molecule is COC(=O)c1ccc(-c2nc3cc(-c4nc5cc(Cl)ccc5o4)ccc3n2C2CCOCC2)cc1.O=C(O)c1ccc(-c2nc3cc(-c4nc5cc(Cl)ccc5o4)ccc3n2C2CCOCC2)cc1. The largest absolute Gasteiger partial charge is 0.478 e. The minimum absolute atomic E-state index is 0.241. The number of halogens is 2. The van der Waals surface area contributed by atoms with E-state index in [1.165, 1.54) is 7.11 Å². The molecule has 0 radical (unpaired) electrons. The van der Waals surface area contributed by atoms with Gasteiger partial charge in [0, 0.05) is 70.8 Å². The Bertz CT molecular complexity index is 3550. The topological polar surface area (TPSA) is 170 Å². The lowest BCUT2D eigenvalue weighted by atomic mass is 10.1. The second-order valence-electron chi connectivity index (χ2n) is 16.9. The second-order valence-corrected chi connectivity index (χ2v) is 17.8. The summed E-state index contributed by atoms with van der Waals surface area (Å²) in [6.07, 6.45) is 3.59. The molecule has 0 spiro atoms. The number of methoxy groups -OCH3 is 1. The van der Waals surface area contributed by atoms with Crippen LogP contribution in [0.4, 0.5) is 0 Å². The maximum atomic E-state index is 11.9. The van der Waals surface area contributed by atoms with E-state index in [-0.39, 0.29) is 23.6 Å². The lowest BCUT2D eigenvalue weighted by Crippen LogP contribution is -2.20. The number of esters is 1. The maximum Gasteiger partial charge on any atom is 0.337 e. The zero-order valence-electron chi connectivity index (χ0n) is 37.1. The van der Waals surface area contributed by atoms with Gasteiger partial charge in [-0.15, -0.1) is 0 Å². The first kappa shape index (κ1) is 44.2. The summed E-state index contributed by atoms with van der Waals surface area (Å²) in [7, 11) is 1.38. The molecule has 0 saturated carbocycles. The van der Waals surface area contributed by atoms with Crippen molar-refractivity contribution in [1.82, 2.24) is 29.1 Å². The molecule has 6 heterocycles. The number of nitrogens with zero attached hydrogens (tertiary/aromatic N) is 6. The van der Waals surface area contributed by atoms with Crippen molar-refractivity contribution < 1.29 is 37.7 Å². The molecule has 2 fully saturated rings. The molecule has 0 bridgehead atoms. The Kier molecular flexibility index (Phi) is 11.9. The van der Waals surface area contributed by atoms with Crippen molar-refractivity contribution in [3.63, 3.8) is 0 Å². The normalized spacial score (nSPS) is 14.7. The third kappa shape index (κ3) is 8.72. The van der Waals surface area contributed by atoms with Crippen LogP contribution in [0.2, 0.25) is 10.0 Å². The molecule has 2 aliphatic heterocycles. The molecule has 14 nitrogen and oxygen atoms in total. The summed E-state index contributed by atoms with van der Waals surface area (Å²) in [5, 5.41) is 10.5. The predicted molar refractivity (Wildman–Crippen MR) is 263 cm³/mol. The number of carboxylic acid groups (broad SMARTS) is 1. The number of oxazole rings is 2. The van der Waals surface area contributed by atoms with E-state index >= 15 is 0 Å². The summed E-state index contributed by atoms with van der Waals surface area (Å²) in [6, 6.07) is 37.6. The number of benzene rings is 6. The van der Waals surface area contributed by atoms with Crippen molar-refractivity contribution in [3.05, 3.63) is 142 Å². The molecule has 346 valence electrons. The molecular formula is C53H42Cl2N6O8. The van der Waals surface area contributed by atoms with Crippen LogP contribution in [-0.2, 0) is 14.2 Å². The molecule has 2 saturated heterocycles. The van der Waals surface area contributed by atoms with Crippen molar-refractivity contribution in [3.8, 4) is 45.7 Å². The third-order valence-corrected chi connectivity index (χ3v) is 13.1. The first-order valence-corrected chi connectivity index (χ1v) is 23.3. The second kappa shape index (κ2) is 18.6. The Balaban J connectivity index is 0.000000151. The van der Waals surface area contributed by atoms with Crippen LogP contribution < -0.4 is 0 Å². The Morgan fingerprint density at radius 1 is 0.536 bits per heavy atom. The van der Waals surface area contributed by atoms with Crippen LogP contribution in [0.3, 0.4) is 0 Å². The molecule has 12 rings (SSSR count). The summed E-state index contributed by atoms with van der Waals surface area (Å²) in [5.74, 6) is 1.37. The van der Waals surface area contributed by atoms with Gasteiger partial charge in [-0.2, -0.15) is 0 Å². The van der Waals surface area contributed by atoms with Gasteiger partial charge < -0.3 is 37.3 Å². The van der Waals surface area contributed by atoms with E-state index in [1.807, 2.05) is 66.7 Å². The van der Waals surface area contributed by atoms with Gasteiger partial charge in [-0.3, -0.25) is 0 Å². The van der Waals surface area contributed by atoms with E-state index in [0.717, 1.165) is 81.7 Å². The third-order valence-electron chi connectivity index (χ3n) is 12.6. The fourth-order valence-corrected chi connectivity index (χ4v) is 9.51. The summed E-state index contributed by atoms with van der Waals surface area (Å²) in [5.41, 5.74) is 10.7. The van der Waals surface area contributed by atoms with Gasteiger partial charge in [0.1, 0.15) is 22.7 Å². The quantitative estimate of drug-likeness (QED) is 0.143. The number of ether oxygens (including phenoxy) is 3. The molecule has 2 aliphatic rings. The van der Waals surface area contributed by atoms with Crippen LogP contribution >= 0.6 is 23.2 Å². The lowest BCUT2D eigenvalue weighted by molar-refractivity contribution is 0.0599. The van der Waals surface area contributed by atoms with Gasteiger partial charge in [0.15, 0.2) is 11.2 Å². The summed E-state index contributed by atoms with van der Waals surface area (Å²) >= 11 is 12.2. The van der Waals surface area contributed by atoms with E-state index in [0.29, 0.717) is 76.0 Å². The van der Waals surface area contributed by atoms with Gasteiger partial charge in [-0.25, -0.2) is 29.5 Å². The molecule has 16 heteroatoms. The monoisotopic (exact) mass is 960 g/mol. The molecular weight excluding hydrogens is 920 g/mol. The number of carboxylic acids is 1. The van der Waals surface area contributed by atoms with Crippen LogP contribution in [0.25, 0.3) is 90.0 Å². The zero-order valence-corrected chi connectivity index (χ0v) is 38.6. The van der Waals surface area contributed by atoms with Gasteiger partial charge >= 0.3 is 11.9 Å². The standard InChI is InChI=1S/C27H22ClN3O4.C26H20ClN3O4/c1-33-27(32)17-4-2-16(3-5-17)25-29-21-14-18(26-30-22-15-19(28)7-9-24(22)35-26)6-8-23(21)31(25)20-10-12-34-13-11-20;27-18-6-8-23-21(14-18)29-25(34-23)17-5-7-22-20(13-17)28-24(30(22)19-9-11-33-12-10-19)15-1-3-16(4-2-15)26(31)32/h2-9,14-15,20H,10-13H2,1H3;1-8,13-14,19H,9-12H2,(H,31,32). The smallest absolute Gasteiger partial charge is 0.337 e. The highest BCUT2D eigenvalue weighted by Gasteiger charge is 2.26. The molecule has 0 unspecified atom stereocenters. The first-order valence-electron chi connectivity index (χ1n) is 22.5. The van der Waals surface area contributed by atoms with E-state index < -0.39 is 5.97 Å². The van der Waals surface area contributed by atoms with Crippen molar-refractivity contribution >= 4 is 79.4 Å². The number of carbonyl (C=O) groups excluding carboxylic acids is 1. The minimum atomic E-state index is -0.950. The number of aromatic carboxylic acids is 1. The molecule has 10 aromatic rings. The van der Waals surface area contributed by atoms with Crippen LogP contribution in [0.5, 0.6) is 0 Å². The number of carbonyl (C=O) groups is 2. The molecule has 4 aromatic heterocycles. The van der Waals surface area contributed by atoms with Crippen molar-refractivity contribution in [2.75, 3.05) is 33.5 Å². The highest BCUT2D eigenvalue weighted by Crippen LogP contribution is 2.38. The summed E-state index contributed by atoms with van der Waals surface area (Å²) in [4.78, 5) is 42.4. The average molecular weight is 962 g/mol. The fraction of sp³-hybridized carbons (Fsp3) is 0.208. The lowest BCUT2D eigenvalue weighted by Gasteiger charge is -2.26. The van der Waals surface area contributed by atoms with Gasteiger partial charge in [-0.1, -0.05) is 47.5 Å². The number of fused-ring (bicyclic) bond motifs is 4. The minimum Gasteiger partial charge on any atom is -0.478 e. The van der Waals surface area contributed by atoms with Gasteiger partial charge in [0.05, 0.1) is 40.3 Å². The number of rotatable bonds is 8. The number of aromatic nitrogens is 6. The molecule has 6 aromatic carbocycles. The van der Waals surface area contributed by atoms with Crippen LogP contribution in [0.1, 0.15) is 58.5 Å². The Morgan fingerprint density at radius 3 is 1.38 bits per heavy atom. The fourth-order valence-electron chi connectivity index (χ4n) is 9.18. The van der Waals surface area contributed by atoms with Gasteiger partial charge in [0.2, 0.25) is 11.8 Å². The van der Waals surface area contributed by atoms with Crippen LogP contribution in [-0.4, -0.2) is 79.7 Å². The van der Waals surface area contributed by atoms with E-state index in [1.54, 1.807) is 48.5 Å². The van der Waals surface area contributed by atoms with Crippen molar-refractivity contribution in [2.24, 2.45) is 0 Å². The molecule has 0 amide bonds. The number of imidazole rings is 2. The number of hydrogen-bond donors (Lipinski definition) is 1. The van der Waals surface area contributed by atoms with E-state index in [4.69, 9.17) is 56.2 Å². The Morgan fingerprint density at radius 2 is 0.957 bits per heavy atom. The summed E-state index contributed by atoms with van der Waals surface area (Å²) < 4.78 is 32.5. The van der Waals surface area contributed by atoms with Crippen molar-refractivity contribution in [1.29, 1.82) is 0 Å².